The Labute approximate surface area is 172 Å². The Morgan fingerprint density at radius 1 is 1.26 bits per heavy atom. The van der Waals surface area contributed by atoms with Gasteiger partial charge in [0, 0.05) is 18.8 Å². The molecule has 2 atom stereocenters. The fourth-order valence-electron chi connectivity index (χ4n) is 3.20. The topological polar surface area (TPSA) is 73.4 Å². The number of aryl methyl sites for hydroxylation is 3. The lowest BCUT2D eigenvalue weighted by atomic mass is 10.0. The van der Waals surface area contributed by atoms with Crippen LogP contribution in [-0.2, 0) is 16.1 Å². The molecule has 1 aromatic heterocycles. The summed E-state index contributed by atoms with van der Waals surface area (Å²) in [5, 5.41) is 4.47. The summed E-state index contributed by atoms with van der Waals surface area (Å²) in [5.41, 5.74) is 10.3. The summed E-state index contributed by atoms with van der Waals surface area (Å²) in [6.45, 7) is 8.30. The molecular formula is C19H28Cl2N4O2. The van der Waals surface area contributed by atoms with Crippen molar-refractivity contribution in [2.75, 3.05) is 19.7 Å². The number of rotatable bonds is 4. The standard InChI is InChI=1S/C19H26N4O2.2ClH/c1-13-4-6-16(7-5-13)18(20)19(24)22-8-9-25-17(11-22)12-23-15(3)10-14(2)21-23;;/h4-7,10,17-18H,8-9,11-12,20H2,1-3H3;2*1H. The third-order valence-electron chi connectivity index (χ3n) is 4.63. The van der Waals surface area contributed by atoms with Crippen molar-refractivity contribution in [1.29, 1.82) is 0 Å². The van der Waals surface area contributed by atoms with Crippen molar-refractivity contribution in [2.45, 2.75) is 39.5 Å². The molecule has 2 aromatic rings. The third kappa shape index (κ3) is 5.69. The van der Waals surface area contributed by atoms with E-state index in [1.165, 1.54) is 0 Å². The number of ether oxygens (including phenoxy) is 1. The highest BCUT2D eigenvalue weighted by atomic mass is 35.5. The number of carbonyl (C=O) groups is 1. The van der Waals surface area contributed by atoms with Gasteiger partial charge in [-0.05, 0) is 32.4 Å². The number of nitrogens with two attached hydrogens (primary N) is 1. The summed E-state index contributed by atoms with van der Waals surface area (Å²) in [6.07, 6.45) is -0.0686. The van der Waals surface area contributed by atoms with Gasteiger partial charge in [-0.3, -0.25) is 9.48 Å². The van der Waals surface area contributed by atoms with Crippen LogP contribution in [0.15, 0.2) is 30.3 Å². The molecule has 3 rings (SSSR count). The summed E-state index contributed by atoms with van der Waals surface area (Å²) in [5.74, 6) is -0.0504. The average Bonchev–Trinajstić information content (AvgIpc) is 2.91. The molecule has 0 bridgehead atoms. The number of hydrogen-bond acceptors (Lipinski definition) is 4. The van der Waals surface area contributed by atoms with Crippen LogP contribution in [0.4, 0.5) is 0 Å². The van der Waals surface area contributed by atoms with Crippen molar-refractivity contribution < 1.29 is 9.53 Å². The lowest BCUT2D eigenvalue weighted by Crippen LogP contribution is -2.49. The number of benzene rings is 1. The van der Waals surface area contributed by atoms with Crippen molar-refractivity contribution in [2.24, 2.45) is 5.73 Å². The molecule has 1 aliphatic heterocycles. The number of halogens is 2. The number of aromatic nitrogens is 2. The smallest absolute Gasteiger partial charge is 0.244 e. The SMILES string of the molecule is Cc1ccc(C(N)C(=O)N2CCOC(Cn3nc(C)cc3C)C2)cc1.Cl.Cl. The second kappa shape index (κ2) is 10.1. The van der Waals surface area contributed by atoms with Crippen LogP contribution in [0.2, 0.25) is 0 Å². The van der Waals surface area contributed by atoms with E-state index in [1.807, 2.05) is 60.7 Å². The first kappa shape index (κ1) is 23.4. The van der Waals surface area contributed by atoms with Crippen molar-refractivity contribution >= 4 is 30.7 Å². The minimum atomic E-state index is -0.631. The zero-order valence-corrected chi connectivity index (χ0v) is 17.6. The molecule has 1 aromatic carbocycles. The number of hydrogen-bond donors (Lipinski definition) is 1. The minimum Gasteiger partial charge on any atom is -0.373 e. The van der Waals surface area contributed by atoms with E-state index in [9.17, 15) is 4.79 Å². The Balaban J connectivity index is 0.00000182. The molecule has 1 saturated heterocycles. The summed E-state index contributed by atoms with van der Waals surface area (Å²) in [6, 6.07) is 9.21. The maximum atomic E-state index is 12.8. The maximum absolute atomic E-state index is 12.8. The van der Waals surface area contributed by atoms with Crippen LogP contribution >= 0.6 is 24.8 Å². The largest absolute Gasteiger partial charge is 0.373 e. The van der Waals surface area contributed by atoms with Gasteiger partial charge < -0.3 is 15.4 Å². The fraction of sp³-hybridized carbons (Fsp3) is 0.474. The normalized spacial score (nSPS) is 17.6. The van der Waals surface area contributed by atoms with Crippen molar-refractivity contribution in [3.05, 3.63) is 52.8 Å². The summed E-state index contributed by atoms with van der Waals surface area (Å²) in [7, 11) is 0. The predicted molar refractivity (Wildman–Crippen MR) is 111 cm³/mol. The number of carbonyl (C=O) groups excluding carboxylic acids is 1. The lowest BCUT2D eigenvalue weighted by molar-refractivity contribution is -0.140. The molecule has 0 aliphatic carbocycles. The van der Waals surface area contributed by atoms with Gasteiger partial charge in [0.05, 0.1) is 24.9 Å². The van der Waals surface area contributed by atoms with E-state index in [0.717, 1.165) is 22.5 Å². The highest BCUT2D eigenvalue weighted by Gasteiger charge is 2.28. The van der Waals surface area contributed by atoms with E-state index in [0.29, 0.717) is 26.2 Å². The summed E-state index contributed by atoms with van der Waals surface area (Å²) in [4.78, 5) is 14.6. The summed E-state index contributed by atoms with van der Waals surface area (Å²) >= 11 is 0. The monoisotopic (exact) mass is 414 g/mol. The fourth-order valence-corrected chi connectivity index (χ4v) is 3.20. The van der Waals surface area contributed by atoms with Crippen LogP contribution in [0.25, 0.3) is 0 Å². The molecule has 0 saturated carbocycles. The highest BCUT2D eigenvalue weighted by Crippen LogP contribution is 2.17. The van der Waals surface area contributed by atoms with Gasteiger partial charge in [0.15, 0.2) is 0 Å². The van der Waals surface area contributed by atoms with Crippen LogP contribution < -0.4 is 5.73 Å². The van der Waals surface area contributed by atoms with Gasteiger partial charge in [-0.2, -0.15) is 5.10 Å². The number of nitrogens with zero attached hydrogens (tertiary/aromatic N) is 3. The first-order valence-electron chi connectivity index (χ1n) is 8.67. The minimum absolute atomic E-state index is 0. The van der Waals surface area contributed by atoms with Gasteiger partial charge in [0.1, 0.15) is 6.04 Å². The Kier molecular flexibility index (Phi) is 8.75. The van der Waals surface area contributed by atoms with Gasteiger partial charge in [0.2, 0.25) is 5.91 Å². The molecular weight excluding hydrogens is 387 g/mol. The first-order valence-corrected chi connectivity index (χ1v) is 8.67. The van der Waals surface area contributed by atoms with E-state index in [-0.39, 0.29) is 36.8 Å². The highest BCUT2D eigenvalue weighted by molar-refractivity contribution is 5.85. The molecule has 27 heavy (non-hydrogen) atoms. The van der Waals surface area contributed by atoms with Crippen LogP contribution in [0.5, 0.6) is 0 Å². The van der Waals surface area contributed by atoms with Crippen molar-refractivity contribution in [3.8, 4) is 0 Å². The Hall–Kier alpha value is -1.60. The zero-order chi connectivity index (χ0) is 18.0. The Morgan fingerprint density at radius 3 is 2.52 bits per heavy atom. The third-order valence-corrected chi connectivity index (χ3v) is 4.63. The van der Waals surface area contributed by atoms with E-state index in [4.69, 9.17) is 10.5 Å². The average molecular weight is 415 g/mol. The molecule has 2 N–H and O–H groups in total. The van der Waals surface area contributed by atoms with Crippen LogP contribution in [0.1, 0.15) is 28.6 Å². The van der Waals surface area contributed by atoms with E-state index < -0.39 is 6.04 Å². The second-order valence-electron chi connectivity index (χ2n) is 6.77. The molecule has 2 heterocycles. The molecule has 2 unspecified atom stereocenters. The Morgan fingerprint density at radius 2 is 1.93 bits per heavy atom. The van der Waals surface area contributed by atoms with Gasteiger partial charge in [-0.1, -0.05) is 29.8 Å². The molecule has 150 valence electrons. The van der Waals surface area contributed by atoms with Gasteiger partial charge in [-0.25, -0.2) is 0 Å². The molecule has 0 radical (unpaired) electrons. The first-order chi connectivity index (χ1) is 11.9. The van der Waals surface area contributed by atoms with E-state index >= 15 is 0 Å². The number of amides is 1. The molecule has 1 aliphatic rings. The second-order valence-corrected chi connectivity index (χ2v) is 6.77. The maximum Gasteiger partial charge on any atom is 0.244 e. The van der Waals surface area contributed by atoms with Gasteiger partial charge >= 0.3 is 0 Å². The quantitative estimate of drug-likeness (QED) is 0.833. The summed E-state index contributed by atoms with van der Waals surface area (Å²) < 4.78 is 7.77. The van der Waals surface area contributed by atoms with Crippen molar-refractivity contribution in [1.82, 2.24) is 14.7 Å². The van der Waals surface area contributed by atoms with Gasteiger partial charge in [0.25, 0.3) is 0 Å². The van der Waals surface area contributed by atoms with Crippen molar-refractivity contribution in [3.63, 3.8) is 0 Å². The van der Waals surface area contributed by atoms with Crippen LogP contribution in [0, 0.1) is 20.8 Å². The molecule has 1 fully saturated rings. The van der Waals surface area contributed by atoms with E-state index in [1.54, 1.807) is 0 Å². The number of morpholine rings is 1. The molecule has 8 heteroatoms. The zero-order valence-electron chi connectivity index (χ0n) is 15.9. The molecule has 0 spiro atoms. The lowest BCUT2D eigenvalue weighted by Gasteiger charge is -2.34. The Bertz CT molecular complexity index is 749. The molecule has 6 nitrogen and oxygen atoms in total. The van der Waals surface area contributed by atoms with Crippen LogP contribution in [0.3, 0.4) is 0 Å². The molecule has 1 amide bonds. The predicted octanol–water partition coefficient (Wildman–Crippen LogP) is 2.58. The van der Waals surface area contributed by atoms with Crippen LogP contribution in [-0.4, -0.2) is 46.4 Å². The van der Waals surface area contributed by atoms with E-state index in [2.05, 4.69) is 5.10 Å². The van der Waals surface area contributed by atoms with Gasteiger partial charge in [-0.15, -0.1) is 24.8 Å².